The van der Waals surface area contributed by atoms with E-state index in [-0.39, 0.29) is 10.8 Å². The summed E-state index contributed by atoms with van der Waals surface area (Å²) >= 11 is 16.6. The second kappa shape index (κ2) is 6.98. The molecule has 0 saturated heterocycles. The minimum atomic E-state index is -3.57. The molecule has 0 aliphatic carbocycles. The molecule has 0 aliphatic rings. The van der Waals surface area contributed by atoms with Gasteiger partial charge >= 0.3 is 0 Å². The molecule has 0 unspecified atom stereocenters. The van der Waals surface area contributed by atoms with E-state index < -0.39 is 10.0 Å². The van der Waals surface area contributed by atoms with Gasteiger partial charge in [-0.25, -0.2) is 8.42 Å². The van der Waals surface area contributed by atoms with Crippen molar-refractivity contribution in [2.45, 2.75) is 17.3 Å². The molecule has 0 amide bonds. The molecule has 2 rings (SSSR count). The first-order valence-electron chi connectivity index (χ1n) is 5.88. The highest BCUT2D eigenvalue weighted by Crippen LogP contribution is 2.26. The van der Waals surface area contributed by atoms with Crippen molar-refractivity contribution in [3.63, 3.8) is 0 Å². The van der Waals surface area contributed by atoms with Gasteiger partial charge in [-0.1, -0.05) is 11.6 Å². The van der Waals surface area contributed by atoms with Gasteiger partial charge in [0.1, 0.15) is 0 Å². The Morgan fingerprint density at radius 3 is 2.62 bits per heavy atom. The maximum Gasteiger partial charge on any atom is 0.243 e. The van der Waals surface area contributed by atoms with E-state index in [0.717, 1.165) is 9.35 Å². The molecule has 2 aromatic rings. The lowest BCUT2D eigenvalue weighted by atomic mass is 10.2. The summed E-state index contributed by atoms with van der Waals surface area (Å²) in [5.41, 5.74) is 0.603. The molecule has 3 nitrogen and oxygen atoms in total. The normalized spacial score (nSPS) is 12.0. The zero-order chi connectivity index (χ0) is 15.6. The zero-order valence-electron chi connectivity index (χ0n) is 11.0. The van der Waals surface area contributed by atoms with Crippen LogP contribution >= 0.6 is 50.5 Å². The monoisotopic (exact) mass is 427 g/mol. The van der Waals surface area contributed by atoms with Crippen LogP contribution in [-0.4, -0.2) is 19.8 Å². The van der Waals surface area contributed by atoms with E-state index in [2.05, 4.69) is 15.9 Å². The van der Waals surface area contributed by atoms with Crippen molar-refractivity contribution in [3.05, 3.63) is 49.6 Å². The van der Waals surface area contributed by atoms with Crippen molar-refractivity contribution >= 4 is 60.5 Å². The smallest absolute Gasteiger partial charge is 0.207 e. The molecule has 1 aromatic heterocycles. The van der Waals surface area contributed by atoms with E-state index in [1.54, 1.807) is 13.1 Å². The molecule has 8 heteroatoms. The number of benzene rings is 1. The summed E-state index contributed by atoms with van der Waals surface area (Å²) in [6.45, 7) is 0.317. The third-order valence-corrected chi connectivity index (χ3v) is 7.01. The molecule has 0 N–H and O–H groups in total. The van der Waals surface area contributed by atoms with Crippen LogP contribution in [0.1, 0.15) is 10.4 Å². The van der Waals surface area contributed by atoms with Gasteiger partial charge in [0, 0.05) is 39.2 Å². The second-order valence-corrected chi connectivity index (χ2v) is 9.01. The lowest BCUT2D eigenvalue weighted by Crippen LogP contribution is -2.26. The molecule has 0 aliphatic heterocycles. The minimum absolute atomic E-state index is 0.170. The average Bonchev–Trinajstić information content (AvgIpc) is 2.84. The number of halogens is 3. The molecule has 0 atom stereocenters. The number of alkyl halides is 1. The van der Waals surface area contributed by atoms with Gasteiger partial charge < -0.3 is 0 Å². The van der Waals surface area contributed by atoms with Gasteiger partial charge in [0.05, 0.1) is 4.90 Å². The van der Waals surface area contributed by atoms with Crippen LogP contribution in [0.3, 0.4) is 0 Å². The maximum atomic E-state index is 12.6. The number of rotatable bonds is 5. The molecule has 0 bridgehead atoms. The first kappa shape index (κ1) is 17.2. The van der Waals surface area contributed by atoms with Gasteiger partial charge in [-0.05, 0) is 45.8 Å². The predicted octanol–water partition coefficient (Wildman–Crippen LogP) is 4.72. The lowest BCUT2D eigenvalue weighted by Gasteiger charge is -2.17. The standard InChI is InChI=1S/C13H12BrCl2NO2S2/c1-17(7-11-5-10(14)8-20-11)21(18,19)12-2-3-13(16)9(4-12)6-15/h2-5,8H,6-7H2,1H3. The Hall–Kier alpha value is -0.110. The Morgan fingerprint density at radius 2 is 2.05 bits per heavy atom. The van der Waals surface area contributed by atoms with Crippen molar-refractivity contribution in [3.8, 4) is 0 Å². The molecule has 0 saturated carbocycles. The summed E-state index contributed by atoms with van der Waals surface area (Å²) in [6.07, 6.45) is 0. The van der Waals surface area contributed by atoms with Crippen molar-refractivity contribution in [1.29, 1.82) is 0 Å². The average molecular weight is 429 g/mol. The van der Waals surface area contributed by atoms with Crippen LogP contribution < -0.4 is 0 Å². The van der Waals surface area contributed by atoms with Crippen molar-refractivity contribution in [1.82, 2.24) is 4.31 Å². The third kappa shape index (κ3) is 4.00. The zero-order valence-corrected chi connectivity index (χ0v) is 15.7. The Labute approximate surface area is 146 Å². The Balaban J connectivity index is 2.28. The van der Waals surface area contributed by atoms with Crippen molar-refractivity contribution in [2.75, 3.05) is 7.05 Å². The van der Waals surface area contributed by atoms with E-state index in [1.807, 2.05) is 11.4 Å². The summed E-state index contributed by atoms with van der Waals surface area (Å²) in [5.74, 6) is 0.170. The number of thiophene rings is 1. The van der Waals surface area contributed by atoms with Gasteiger partial charge in [-0.15, -0.1) is 22.9 Å². The fraction of sp³-hybridized carbons (Fsp3) is 0.231. The van der Waals surface area contributed by atoms with E-state index in [1.165, 1.54) is 27.8 Å². The Morgan fingerprint density at radius 1 is 1.33 bits per heavy atom. The molecule has 0 fully saturated rings. The molecule has 0 radical (unpaired) electrons. The van der Waals surface area contributed by atoms with Gasteiger partial charge in [0.2, 0.25) is 10.0 Å². The summed E-state index contributed by atoms with van der Waals surface area (Å²) in [6, 6.07) is 6.48. The van der Waals surface area contributed by atoms with Crippen LogP contribution in [0.15, 0.2) is 39.0 Å². The summed E-state index contributed by atoms with van der Waals surface area (Å²) in [5, 5.41) is 2.39. The molecule has 0 spiro atoms. The highest BCUT2D eigenvalue weighted by Gasteiger charge is 2.22. The summed E-state index contributed by atoms with van der Waals surface area (Å²) in [4.78, 5) is 1.15. The number of sulfonamides is 1. The van der Waals surface area contributed by atoms with E-state index in [4.69, 9.17) is 23.2 Å². The highest BCUT2D eigenvalue weighted by atomic mass is 79.9. The first-order valence-corrected chi connectivity index (χ1v) is 9.90. The lowest BCUT2D eigenvalue weighted by molar-refractivity contribution is 0.469. The van der Waals surface area contributed by atoms with Crippen LogP contribution in [0.5, 0.6) is 0 Å². The molecule has 114 valence electrons. The second-order valence-electron chi connectivity index (χ2n) is 4.38. The molecule has 1 aromatic carbocycles. The highest BCUT2D eigenvalue weighted by molar-refractivity contribution is 9.10. The van der Waals surface area contributed by atoms with Gasteiger partial charge in [-0.2, -0.15) is 4.31 Å². The van der Waals surface area contributed by atoms with E-state index in [0.29, 0.717) is 17.1 Å². The third-order valence-electron chi connectivity index (χ3n) is 2.87. The summed E-state index contributed by atoms with van der Waals surface area (Å²) in [7, 11) is -2.02. The maximum absolute atomic E-state index is 12.6. The van der Waals surface area contributed by atoms with Gasteiger partial charge in [0.15, 0.2) is 0 Å². The number of hydrogen-bond acceptors (Lipinski definition) is 3. The Bertz CT molecular complexity index is 746. The van der Waals surface area contributed by atoms with Crippen LogP contribution in [0, 0.1) is 0 Å². The summed E-state index contributed by atoms with van der Waals surface area (Å²) < 4.78 is 27.4. The Kier molecular flexibility index (Phi) is 5.73. The first-order chi connectivity index (χ1) is 9.84. The minimum Gasteiger partial charge on any atom is -0.207 e. The SMILES string of the molecule is CN(Cc1cc(Br)cs1)S(=O)(=O)c1ccc(Cl)c(CCl)c1. The van der Waals surface area contributed by atoms with Gasteiger partial charge in [-0.3, -0.25) is 0 Å². The van der Waals surface area contributed by atoms with Crippen LogP contribution in [-0.2, 0) is 22.4 Å². The van der Waals surface area contributed by atoms with Gasteiger partial charge in [0.25, 0.3) is 0 Å². The molecule has 21 heavy (non-hydrogen) atoms. The molecule has 1 heterocycles. The van der Waals surface area contributed by atoms with Crippen LogP contribution in [0.2, 0.25) is 5.02 Å². The van der Waals surface area contributed by atoms with Crippen molar-refractivity contribution in [2.24, 2.45) is 0 Å². The largest absolute Gasteiger partial charge is 0.243 e. The molecular formula is C13H12BrCl2NO2S2. The van der Waals surface area contributed by atoms with E-state index >= 15 is 0 Å². The number of hydrogen-bond donors (Lipinski definition) is 0. The predicted molar refractivity (Wildman–Crippen MR) is 91.7 cm³/mol. The fourth-order valence-corrected chi connectivity index (χ4v) is 4.99. The van der Waals surface area contributed by atoms with Crippen molar-refractivity contribution < 1.29 is 8.42 Å². The van der Waals surface area contributed by atoms with E-state index in [9.17, 15) is 8.42 Å². The van der Waals surface area contributed by atoms with Crippen LogP contribution in [0.25, 0.3) is 0 Å². The molecular weight excluding hydrogens is 417 g/mol. The number of nitrogens with zero attached hydrogens (tertiary/aromatic N) is 1. The fourth-order valence-electron chi connectivity index (χ4n) is 1.74. The quantitative estimate of drug-likeness (QED) is 0.645. The topological polar surface area (TPSA) is 37.4 Å². The van der Waals surface area contributed by atoms with Crippen LogP contribution in [0.4, 0.5) is 0 Å².